The average Bonchev–Trinajstić information content (AvgIpc) is 2.89. The van der Waals surface area contributed by atoms with E-state index in [9.17, 15) is 9.18 Å². The van der Waals surface area contributed by atoms with Crippen molar-refractivity contribution in [2.24, 2.45) is 0 Å². The van der Waals surface area contributed by atoms with E-state index in [1.807, 2.05) is 0 Å². The Hall–Kier alpha value is -2.51. The first-order valence-corrected chi connectivity index (χ1v) is 5.17. The van der Waals surface area contributed by atoms with E-state index in [1.54, 1.807) is 0 Å². The van der Waals surface area contributed by atoms with Gasteiger partial charge in [0.1, 0.15) is 12.2 Å². The second-order valence-corrected chi connectivity index (χ2v) is 3.39. The smallest absolute Gasteiger partial charge is 0.254 e. The van der Waals surface area contributed by atoms with Crippen LogP contribution in [0.5, 0.6) is 0 Å². The summed E-state index contributed by atoms with van der Waals surface area (Å²) in [5.74, 6) is -0.702. The molecule has 2 aromatic rings. The van der Waals surface area contributed by atoms with Crippen molar-refractivity contribution < 1.29 is 9.18 Å². The molecule has 18 heavy (non-hydrogen) atoms. The van der Waals surface area contributed by atoms with Gasteiger partial charge in [-0.25, -0.2) is 14.4 Å². The van der Waals surface area contributed by atoms with Gasteiger partial charge in [-0.15, -0.1) is 0 Å². The van der Waals surface area contributed by atoms with Gasteiger partial charge in [-0.2, -0.15) is 5.10 Å². The zero-order valence-corrected chi connectivity index (χ0v) is 9.57. The van der Waals surface area contributed by atoms with Gasteiger partial charge < -0.3 is 10.6 Å². The number of halogens is 1. The fraction of sp³-hybridized carbons (Fsp3) is 0.200. The number of nitrogens with zero attached hydrogens (tertiary/aromatic N) is 3. The van der Waals surface area contributed by atoms with Gasteiger partial charge >= 0.3 is 0 Å². The van der Waals surface area contributed by atoms with E-state index in [0.717, 1.165) is 0 Å². The van der Waals surface area contributed by atoms with Crippen molar-refractivity contribution in [1.82, 2.24) is 25.5 Å². The van der Waals surface area contributed by atoms with E-state index < -0.39 is 11.7 Å². The number of carbonyl (C=O) groups is 1. The number of amides is 1. The summed E-state index contributed by atoms with van der Waals surface area (Å²) in [6.45, 7) is 0.148. The van der Waals surface area contributed by atoms with E-state index >= 15 is 0 Å². The Morgan fingerprint density at radius 3 is 3.00 bits per heavy atom. The first-order chi connectivity index (χ1) is 8.72. The monoisotopic (exact) mass is 250 g/mol. The normalized spacial score (nSPS) is 10.1. The Balaban J connectivity index is 2.09. The minimum atomic E-state index is -0.685. The molecule has 0 unspecified atom stereocenters. The summed E-state index contributed by atoms with van der Waals surface area (Å²) >= 11 is 0. The van der Waals surface area contributed by atoms with E-state index in [2.05, 4.69) is 30.8 Å². The molecule has 2 aromatic heterocycles. The lowest BCUT2D eigenvalue weighted by Crippen LogP contribution is -2.24. The Morgan fingerprint density at radius 1 is 1.50 bits per heavy atom. The highest BCUT2D eigenvalue weighted by molar-refractivity contribution is 5.95. The Kier molecular flexibility index (Phi) is 3.46. The van der Waals surface area contributed by atoms with Crippen molar-refractivity contribution in [2.75, 3.05) is 12.4 Å². The van der Waals surface area contributed by atoms with E-state index in [4.69, 9.17) is 0 Å². The number of nitrogens with one attached hydrogen (secondary N) is 3. The van der Waals surface area contributed by atoms with Crippen LogP contribution in [0.25, 0.3) is 0 Å². The summed E-state index contributed by atoms with van der Waals surface area (Å²) < 4.78 is 13.8. The van der Waals surface area contributed by atoms with Crippen molar-refractivity contribution in [3.8, 4) is 0 Å². The van der Waals surface area contributed by atoms with Gasteiger partial charge in [-0.1, -0.05) is 0 Å². The van der Waals surface area contributed by atoms with E-state index in [-0.39, 0.29) is 17.9 Å². The number of H-pyrrole nitrogens is 1. The highest BCUT2D eigenvalue weighted by Gasteiger charge is 2.15. The SMILES string of the molecule is CNc1nccc(C(=O)NCc2ncn[nH]2)c1F. The fourth-order valence-corrected chi connectivity index (χ4v) is 1.37. The second-order valence-electron chi connectivity index (χ2n) is 3.39. The van der Waals surface area contributed by atoms with Gasteiger partial charge in [0.2, 0.25) is 0 Å². The molecule has 0 atom stereocenters. The molecule has 94 valence electrons. The van der Waals surface area contributed by atoms with E-state index in [1.165, 1.54) is 25.6 Å². The molecule has 0 spiro atoms. The van der Waals surface area contributed by atoms with Crippen molar-refractivity contribution in [1.29, 1.82) is 0 Å². The molecule has 8 heteroatoms. The first-order valence-electron chi connectivity index (χ1n) is 5.17. The van der Waals surface area contributed by atoms with Crippen LogP contribution in [-0.2, 0) is 6.54 Å². The van der Waals surface area contributed by atoms with Crippen LogP contribution in [0.4, 0.5) is 10.2 Å². The fourth-order valence-electron chi connectivity index (χ4n) is 1.37. The van der Waals surface area contributed by atoms with Crippen molar-refractivity contribution in [3.63, 3.8) is 0 Å². The summed E-state index contributed by atoms with van der Waals surface area (Å²) in [5, 5.41) is 11.3. The third-order valence-corrected chi connectivity index (χ3v) is 2.25. The quantitative estimate of drug-likeness (QED) is 0.725. The average molecular weight is 250 g/mol. The van der Waals surface area contributed by atoms with Crippen LogP contribution in [0.2, 0.25) is 0 Å². The molecule has 7 nitrogen and oxygen atoms in total. The van der Waals surface area contributed by atoms with Gasteiger partial charge in [0, 0.05) is 13.2 Å². The van der Waals surface area contributed by atoms with Crippen LogP contribution >= 0.6 is 0 Å². The number of pyridine rings is 1. The number of aromatic nitrogens is 4. The number of rotatable bonds is 4. The molecule has 0 aliphatic carbocycles. The van der Waals surface area contributed by atoms with Gasteiger partial charge in [-0.3, -0.25) is 9.89 Å². The first kappa shape index (κ1) is 12.0. The molecule has 0 bridgehead atoms. The minimum Gasteiger partial charge on any atom is -0.371 e. The van der Waals surface area contributed by atoms with Crippen LogP contribution in [0.15, 0.2) is 18.6 Å². The molecule has 2 rings (SSSR count). The predicted molar refractivity (Wildman–Crippen MR) is 61.3 cm³/mol. The van der Waals surface area contributed by atoms with Gasteiger partial charge in [0.15, 0.2) is 11.6 Å². The maximum absolute atomic E-state index is 13.8. The molecule has 0 saturated carbocycles. The van der Waals surface area contributed by atoms with Crippen molar-refractivity contribution >= 4 is 11.7 Å². The number of carbonyl (C=O) groups excluding carboxylic acids is 1. The third kappa shape index (κ3) is 2.42. The molecule has 1 amide bonds. The maximum Gasteiger partial charge on any atom is 0.254 e. The predicted octanol–water partition coefficient (Wildman–Crippen LogP) is 0.310. The summed E-state index contributed by atoms with van der Waals surface area (Å²) in [4.78, 5) is 19.4. The molecule has 0 aliphatic heterocycles. The number of hydrogen-bond donors (Lipinski definition) is 3. The topological polar surface area (TPSA) is 95.6 Å². The van der Waals surface area contributed by atoms with Gasteiger partial charge in [0.05, 0.1) is 12.1 Å². The summed E-state index contributed by atoms with van der Waals surface area (Å²) in [6.07, 6.45) is 2.69. The lowest BCUT2D eigenvalue weighted by Gasteiger charge is -2.07. The number of anilines is 1. The molecule has 0 fully saturated rings. The molecule has 0 aliphatic rings. The van der Waals surface area contributed by atoms with Crippen LogP contribution in [0, 0.1) is 5.82 Å². The van der Waals surface area contributed by atoms with Crippen molar-refractivity contribution in [3.05, 3.63) is 35.8 Å². The standard InChI is InChI=1S/C10H11FN6O/c1-12-9-8(11)6(2-3-13-9)10(18)14-4-7-15-5-16-17-7/h2-3,5H,4H2,1H3,(H,12,13)(H,14,18)(H,15,16,17). The molecular weight excluding hydrogens is 239 g/mol. The maximum atomic E-state index is 13.8. The summed E-state index contributed by atoms with van der Waals surface area (Å²) in [6, 6.07) is 1.31. The lowest BCUT2D eigenvalue weighted by molar-refractivity contribution is 0.0946. The van der Waals surface area contributed by atoms with E-state index in [0.29, 0.717) is 5.82 Å². The third-order valence-electron chi connectivity index (χ3n) is 2.25. The minimum absolute atomic E-state index is 0.0299. The molecule has 2 heterocycles. The van der Waals surface area contributed by atoms with Gasteiger partial charge in [0.25, 0.3) is 5.91 Å². The lowest BCUT2D eigenvalue weighted by atomic mass is 10.2. The molecule has 0 saturated heterocycles. The Labute approximate surface area is 102 Å². The number of aromatic amines is 1. The highest BCUT2D eigenvalue weighted by atomic mass is 19.1. The van der Waals surface area contributed by atoms with Crippen LogP contribution in [0.1, 0.15) is 16.2 Å². The second kappa shape index (κ2) is 5.21. The zero-order valence-electron chi connectivity index (χ0n) is 9.57. The largest absolute Gasteiger partial charge is 0.371 e. The zero-order chi connectivity index (χ0) is 13.0. The van der Waals surface area contributed by atoms with Crippen LogP contribution in [0.3, 0.4) is 0 Å². The van der Waals surface area contributed by atoms with Crippen LogP contribution < -0.4 is 10.6 Å². The van der Waals surface area contributed by atoms with Crippen LogP contribution in [-0.4, -0.2) is 33.1 Å². The summed E-state index contributed by atoms with van der Waals surface area (Å²) in [5.41, 5.74) is -0.0751. The Morgan fingerprint density at radius 2 is 2.33 bits per heavy atom. The van der Waals surface area contributed by atoms with Gasteiger partial charge in [-0.05, 0) is 6.07 Å². The van der Waals surface area contributed by atoms with Crippen molar-refractivity contribution in [2.45, 2.75) is 6.54 Å². The molecule has 3 N–H and O–H groups in total. The number of hydrogen-bond acceptors (Lipinski definition) is 5. The molecule has 0 aromatic carbocycles. The molecular formula is C10H11FN6O. The highest BCUT2D eigenvalue weighted by Crippen LogP contribution is 2.14. The summed E-state index contributed by atoms with van der Waals surface area (Å²) in [7, 11) is 1.53. The molecule has 0 radical (unpaired) electrons. The Bertz CT molecular complexity index is 541.